The molecule has 3 aliphatic rings. The molecular formula is C49H70BrN9O15S. The number of benzene rings is 1. The number of halogens is 1. The number of aliphatic hydroxyl groups is 3. The average Bonchev–Trinajstić information content (AvgIpc) is 3.96. The average molecular weight is 1140 g/mol. The van der Waals surface area contributed by atoms with Gasteiger partial charge in [0.15, 0.2) is 11.6 Å². The molecule has 24 nitrogen and oxygen atoms in total. The van der Waals surface area contributed by atoms with Crippen LogP contribution in [0, 0.1) is 23.7 Å². The lowest BCUT2D eigenvalue weighted by molar-refractivity contribution is -0.145. The van der Waals surface area contributed by atoms with Crippen molar-refractivity contribution in [1.29, 1.82) is 0 Å². The lowest BCUT2D eigenvalue weighted by Gasteiger charge is -2.32. The summed E-state index contributed by atoms with van der Waals surface area (Å²) in [6.45, 7) is 2.89. The van der Waals surface area contributed by atoms with Crippen molar-refractivity contribution in [3.8, 4) is 5.75 Å². The van der Waals surface area contributed by atoms with Gasteiger partial charge in [-0.3, -0.25) is 52.2 Å². The Morgan fingerprint density at radius 3 is 2.28 bits per heavy atom. The summed E-state index contributed by atoms with van der Waals surface area (Å²) in [5, 5.41) is 47.8. The van der Waals surface area contributed by atoms with Crippen LogP contribution in [0.4, 0.5) is 0 Å². The molecule has 3 aliphatic heterocycles. The molecule has 2 aromatic rings. The first-order valence-corrected chi connectivity index (χ1v) is 27.6. The summed E-state index contributed by atoms with van der Waals surface area (Å²) in [5.41, 5.74) is 6.15. The van der Waals surface area contributed by atoms with Crippen molar-refractivity contribution in [1.82, 2.24) is 41.8 Å². The van der Waals surface area contributed by atoms with Crippen LogP contribution in [0.3, 0.4) is 0 Å². The summed E-state index contributed by atoms with van der Waals surface area (Å²) in [6, 6.07) is -1.17. The zero-order valence-electron chi connectivity index (χ0n) is 42.3. The van der Waals surface area contributed by atoms with E-state index in [1.807, 2.05) is 0 Å². The van der Waals surface area contributed by atoms with Crippen LogP contribution in [0.15, 0.2) is 23.2 Å². The fraction of sp³-hybridized carbons (Fsp3) is 0.633. The standard InChI is InChI=1S/C49H70BrN9O15S/c1-4-25(2)43-47(71)54-20-41(67)55-34-24-75(73)48-32(31-10-9-30(18-33(31)56-48)74-12-8-6-5-7-11-52-40(66)19-50)13-27(45(69)53-21-42(68)57-43)14-37(63)44(26(3)38(64)23-60)58-46(70)35-17-29(61)22-59(35)49(72)28(15-36(34)62)16-39(51)65/h9-10,18,25-29,34-35,38,43-44,56,60-61,64H,4-8,11-17,19-24H2,1-3H3,(H2,51,65)(H,52,66)(H,53,69)(H,54,71)(H,55,67)(H,57,68)(H,58,70)/t25-,26-,27?,28-,29?,34?,35-,38-,43-,44-,75+/m0/s1. The van der Waals surface area contributed by atoms with E-state index in [0.717, 1.165) is 24.2 Å². The normalized spacial score (nSPS) is 26.1. The molecule has 26 heteroatoms. The van der Waals surface area contributed by atoms with Gasteiger partial charge in [-0.2, -0.15) is 0 Å². The number of primary amides is 1. The van der Waals surface area contributed by atoms with Crippen molar-refractivity contribution >= 4 is 96.5 Å². The number of unbranched alkanes of at least 4 members (excludes halogenated alkanes) is 3. The maximum atomic E-state index is 15.0. The monoisotopic (exact) mass is 1140 g/mol. The Labute approximate surface area is 444 Å². The smallest absolute Gasteiger partial charge is 0.243 e. The Bertz CT molecular complexity index is 2480. The Hall–Kier alpha value is -5.83. The summed E-state index contributed by atoms with van der Waals surface area (Å²) in [4.78, 5) is 142. The van der Waals surface area contributed by atoms with Gasteiger partial charge in [0.05, 0.1) is 83.9 Å². The topological polar surface area (TPSA) is 375 Å². The molecule has 8 amide bonds. The van der Waals surface area contributed by atoms with E-state index < -0.39 is 175 Å². The quantitative estimate of drug-likeness (QED) is 0.0640. The van der Waals surface area contributed by atoms with E-state index in [1.54, 1.807) is 32.0 Å². The van der Waals surface area contributed by atoms with E-state index in [4.69, 9.17) is 10.5 Å². The van der Waals surface area contributed by atoms with Crippen LogP contribution in [0.5, 0.6) is 5.75 Å². The van der Waals surface area contributed by atoms with Crippen molar-refractivity contribution in [2.75, 3.05) is 50.5 Å². The molecule has 12 N–H and O–H groups in total. The van der Waals surface area contributed by atoms with Gasteiger partial charge < -0.3 is 67.6 Å². The van der Waals surface area contributed by atoms with E-state index in [-0.39, 0.29) is 34.7 Å². The number of alkyl halides is 1. The van der Waals surface area contributed by atoms with Crippen LogP contribution < -0.4 is 42.4 Å². The second-order valence-electron chi connectivity index (χ2n) is 19.5. The molecule has 1 aromatic carbocycles. The number of rotatable bonds is 16. The number of nitrogens with one attached hydrogen (secondary N) is 7. The second kappa shape index (κ2) is 28.3. The van der Waals surface area contributed by atoms with Crippen LogP contribution >= 0.6 is 15.9 Å². The van der Waals surface area contributed by atoms with Gasteiger partial charge >= 0.3 is 0 Å². The number of ketones is 2. The van der Waals surface area contributed by atoms with Crippen LogP contribution in [-0.4, -0.2) is 175 Å². The molecule has 11 atom stereocenters. The van der Waals surface area contributed by atoms with E-state index in [2.05, 4.69) is 52.8 Å². The molecule has 1 fully saturated rings. The fourth-order valence-electron chi connectivity index (χ4n) is 9.39. The minimum absolute atomic E-state index is 0.0521. The number of carbonyl (C=O) groups excluding carboxylic acids is 10. The number of aliphatic hydroxyl groups excluding tert-OH is 3. The predicted molar refractivity (Wildman–Crippen MR) is 274 cm³/mol. The van der Waals surface area contributed by atoms with Crippen LogP contribution in [0.2, 0.25) is 0 Å². The lowest BCUT2D eigenvalue weighted by atomic mass is 9.85. The summed E-state index contributed by atoms with van der Waals surface area (Å²) in [6.07, 6.45) is -2.47. The van der Waals surface area contributed by atoms with Crippen molar-refractivity contribution in [3.05, 3.63) is 23.8 Å². The van der Waals surface area contributed by atoms with E-state index in [9.17, 15) is 67.5 Å². The molecule has 414 valence electrons. The number of Topliss-reactive ketones (excluding diaryl/α,β-unsaturated/α-hetero) is 2. The molecule has 0 saturated carbocycles. The predicted octanol–water partition coefficient (Wildman–Crippen LogP) is -1.99. The molecular weight excluding hydrogens is 1070 g/mol. The Morgan fingerprint density at radius 1 is 0.907 bits per heavy atom. The fourth-order valence-corrected chi connectivity index (χ4v) is 11.0. The first kappa shape index (κ1) is 60.0. The van der Waals surface area contributed by atoms with Crippen molar-refractivity contribution < 1.29 is 72.2 Å². The SMILES string of the molecule is CC[C@H](C)[C@@H]1NC(=O)CNC(=O)C2CC(=O)[C@H]([C@@H](C)[C@@H](O)CO)NC(=O)[C@@H]3CC(O)CN3C(=O)[C@H](CC(N)=O)CC(=O)C(C[S@@](=O)c3[nH]c4cc(OCCCCCCNC(=O)CBr)ccc4c3C2)NC(=O)CNC1=O. The molecule has 0 spiro atoms. The van der Waals surface area contributed by atoms with Crippen molar-refractivity contribution in [2.45, 2.75) is 126 Å². The number of hydrogen-bond donors (Lipinski definition) is 11. The third-order valence-electron chi connectivity index (χ3n) is 13.9. The van der Waals surface area contributed by atoms with Gasteiger partial charge in [0.25, 0.3) is 0 Å². The highest BCUT2D eigenvalue weighted by atomic mass is 79.9. The maximum absolute atomic E-state index is 15.0. The van der Waals surface area contributed by atoms with E-state index >= 15 is 0 Å². The van der Waals surface area contributed by atoms with Gasteiger partial charge in [-0.25, -0.2) is 0 Å². The first-order valence-electron chi connectivity index (χ1n) is 25.2. The highest BCUT2D eigenvalue weighted by Crippen LogP contribution is 2.33. The molecule has 4 heterocycles. The molecule has 5 rings (SSSR count). The van der Waals surface area contributed by atoms with Gasteiger partial charge in [0.1, 0.15) is 22.9 Å². The number of aromatic nitrogens is 1. The summed E-state index contributed by atoms with van der Waals surface area (Å²) < 4.78 is 21.1. The molecule has 1 saturated heterocycles. The van der Waals surface area contributed by atoms with Crippen LogP contribution in [-0.2, 0) is 65.2 Å². The second-order valence-corrected chi connectivity index (χ2v) is 21.5. The van der Waals surface area contributed by atoms with Gasteiger partial charge in [-0.1, -0.05) is 56.0 Å². The van der Waals surface area contributed by atoms with Crippen molar-refractivity contribution in [2.24, 2.45) is 29.4 Å². The van der Waals surface area contributed by atoms with E-state index in [0.29, 0.717) is 42.6 Å². The highest BCUT2D eigenvalue weighted by molar-refractivity contribution is 9.09. The number of ether oxygens (including phenoxy) is 1. The zero-order chi connectivity index (χ0) is 55.1. The third kappa shape index (κ3) is 16.6. The van der Waals surface area contributed by atoms with Gasteiger partial charge in [-0.05, 0) is 42.9 Å². The van der Waals surface area contributed by atoms with E-state index in [1.165, 1.54) is 6.92 Å². The number of hydrogen-bond acceptors (Lipinski definition) is 15. The molecule has 2 bridgehead atoms. The summed E-state index contributed by atoms with van der Waals surface area (Å²) in [7, 11) is -2.32. The van der Waals surface area contributed by atoms with Crippen LogP contribution in [0.25, 0.3) is 10.9 Å². The minimum Gasteiger partial charge on any atom is -0.494 e. The van der Waals surface area contributed by atoms with Gasteiger partial charge in [0.2, 0.25) is 47.3 Å². The number of nitrogens with two attached hydrogens (primary N) is 1. The van der Waals surface area contributed by atoms with Crippen molar-refractivity contribution in [3.63, 3.8) is 0 Å². The maximum Gasteiger partial charge on any atom is 0.243 e. The molecule has 1 aromatic heterocycles. The molecule has 3 unspecified atom stereocenters. The third-order valence-corrected chi connectivity index (χ3v) is 15.8. The first-order chi connectivity index (χ1) is 35.6. The number of amides is 8. The van der Waals surface area contributed by atoms with Gasteiger partial charge in [-0.15, -0.1) is 0 Å². The Kier molecular flexibility index (Phi) is 22.7. The summed E-state index contributed by atoms with van der Waals surface area (Å²) >= 11 is 3.11. The van der Waals surface area contributed by atoms with Gasteiger partial charge in [0, 0.05) is 62.1 Å². The number of H-pyrrole nitrogens is 1. The number of nitrogens with zero attached hydrogens (tertiary/aromatic N) is 1. The lowest BCUT2D eigenvalue weighted by Crippen LogP contribution is -2.56. The largest absolute Gasteiger partial charge is 0.494 e. The summed E-state index contributed by atoms with van der Waals surface area (Å²) in [5.74, 6) is -13.3. The zero-order valence-corrected chi connectivity index (χ0v) is 44.7. The minimum atomic E-state index is -2.32. The molecule has 75 heavy (non-hydrogen) atoms. The number of carbonyl (C=O) groups is 10. The Morgan fingerprint density at radius 2 is 1.60 bits per heavy atom. The molecule has 0 radical (unpaired) electrons. The number of aromatic amines is 1. The highest BCUT2D eigenvalue weighted by Gasteiger charge is 2.45. The number of fused-ring (bicyclic) bond motifs is 5. The Balaban J connectivity index is 1.66. The molecule has 0 aliphatic carbocycles. The van der Waals surface area contributed by atoms with Crippen LogP contribution in [0.1, 0.15) is 84.1 Å².